The second-order valence-electron chi connectivity index (χ2n) is 5.99. The highest BCUT2D eigenvalue weighted by molar-refractivity contribution is 5.27. The Hall–Kier alpha value is -1.33. The van der Waals surface area contributed by atoms with Crippen LogP contribution < -0.4 is 5.32 Å². The van der Waals surface area contributed by atoms with Crippen LogP contribution in [0.15, 0.2) is 36.9 Å². The fourth-order valence-corrected chi connectivity index (χ4v) is 3.07. The Morgan fingerprint density at radius 3 is 2.35 bits per heavy atom. The van der Waals surface area contributed by atoms with Gasteiger partial charge in [-0.15, -0.1) is 6.58 Å². The van der Waals surface area contributed by atoms with E-state index in [1.54, 1.807) is 12.1 Å². The van der Waals surface area contributed by atoms with Crippen molar-refractivity contribution in [1.82, 2.24) is 10.2 Å². The summed E-state index contributed by atoms with van der Waals surface area (Å²) in [6, 6.07) is 5.89. The Bertz CT molecular complexity index is 476. The van der Waals surface area contributed by atoms with Crippen molar-refractivity contribution in [2.24, 2.45) is 0 Å². The first-order valence-electron chi connectivity index (χ1n) is 8.25. The standard InChI is InChI=1S/C18H25F3N2/c1-2-3-4-5-6-17(23-13-11-22-12-14-23)15-7-9-16(10-8-15)18(19,20)21/h2,7-10,17,22H,1,3-6,11-14H2/t17-/m0/s1. The van der Waals surface area contributed by atoms with Crippen LogP contribution in [0.4, 0.5) is 13.2 Å². The summed E-state index contributed by atoms with van der Waals surface area (Å²) in [4.78, 5) is 2.38. The molecule has 0 saturated carbocycles. The predicted octanol–water partition coefficient (Wildman–Crippen LogP) is 4.40. The molecule has 1 aliphatic heterocycles. The molecule has 128 valence electrons. The lowest BCUT2D eigenvalue weighted by Gasteiger charge is -2.35. The number of hydrogen-bond donors (Lipinski definition) is 1. The van der Waals surface area contributed by atoms with Gasteiger partial charge in [0.1, 0.15) is 0 Å². The molecule has 0 unspecified atom stereocenters. The molecule has 23 heavy (non-hydrogen) atoms. The molecule has 1 heterocycles. The predicted molar refractivity (Wildman–Crippen MR) is 87.3 cm³/mol. The van der Waals surface area contributed by atoms with Crippen LogP contribution in [0.2, 0.25) is 0 Å². The molecule has 0 radical (unpaired) electrons. The number of hydrogen-bond acceptors (Lipinski definition) is 2. The van der Waals surface area contributed by atoms with Crippen molar-refractivity contribution < 1.29 is 13.2 Å². The molecule has 0 spiro atoms. The number of rotatable bonds is 7. The molecule has 1 N–H and O–H groups in total. The molecule has 1 atom stereocenters. The Kier molecular flexibility index (Phi) is 6.66. The van der Waals surface area contributed by atoms with Crippen molar-refractivity contribution >= 4 is 0 Å². The molecule has 2 nitrogen and oxygen atoms in total. The number of halogens is 3. The van der Waals surface area contributed by atoms with Gasteiger partial charge in [0.05, 0.1) is 5.56 Å². The van der Waals surface area contributed by atoms with Crippen LogP contribution in [0.5, 0.6) is 0 Å². The molecule has 2 rings (SSSR count). The van der Waals surface area contributed by atoms with E-state index in [0.717, 1.165) is 57.4 Å². The van der Waals surface area contributed by atoms with Gasteiger partial charge in [-0.05, 0) is 37.0 Å². The summed E-state index contributed by atoms with van der Waals surface area (Å²) in [6.45, 7) is 7.48. The Balaban J connectivity index is 2.09. The van der Waals surface area contributed by atoms with Crippen molar-refractivity contribution in [3.05, 3.63) is 48.0 Å². The first-order chi connectivity index (χ1) is 11.0. The summed E-state index contributed by atoms with van der Waals surface area (Å²) in [6.07, 6.45) is 1.74. The van der Waals surface area contributed by atoms with Gasteiger partial charge in [-0.25, -0.2) is 0 Å². The number of unbranched alkanes of at least 4 members (excludes halogenated alkanes) is 2. The van der Waals surface area contributed by atoms with E-state index >= 15 is 0 Å². The fraction of sp³-hybridized carbons (Fsp3) is 0.556. The van der Waals surface area contributed by atoms with E-state index in [-0.39, 0.29) is 6.04 Å². The highest BCUT2D eigenvalue weighted by Gasteiger charge is 2.30. The van der Waals surface area contributed by atoms with Gasteiger partial charge in [-0.1, -0.05) is 24.6 Å². The minimum absolute atomic E-state index is 0.198. The Morgan fingerprint density at radius 1 is 1.13 bits per heavy atom. The van der Waals surface area contributed by atoms with E-state index in [0.29, 0.717) is 0 Å². The average Bonchev–Trinajstić information content (AvgIpc) is 2.55. The fourth-order valence-electron chi connectivity index (χ4n) is 3.07. The topological polar surface area (TPSA) is 15.3 Å². The van der Waals surface area contributed by atoms with Gasteiger partial charge in [-0.3, -0.25) is 4.90 Å². The van der Waals surface area contributed by atoms with Crippen molar-refractivity contribution in [2.75, 3.05) is 26.2 Å². The summed E-state index contributed by atoms with van der Waals surface area (Å²) in [5.41, 5.74) is 0.408. The quantitative estimate of drug-likeness (QED) is 0.590. The van der Waals surface area contributed by atoms with Crippen LogP contribution >= 0.6 is 0 Å². The van der Waals surface area contributed by atoms with Crippen molar-refractivity contribution in [2.45, 2.75) is 37.9 Å². The zero-order valence-electron chi connectivity index (χ0n) is 13.4. The molecule has 0 aromatic heterocycles. The van der Waals surface area contributed by atoms with Gasteiger partial charge >= 0.3 is 6.18 Å². The maximum absolute atomic E-state index is 12.7. The van der Waals surface area contributed by atoms with Gasteiger partial charge < -0.3 is 5.32 Å². The smallest absolute Gasteiger partial charge is 0.314 e. The van der Waals surface area contributed by atoms with E-state index in [4.69, 9.17) is 0 Å². The molecule has 1 aromatic rings. The van der Waals surface area contributed by atoms with E-state index < -0.39 is 11.7 Å². The number of benzene rings is 1. The van der Waals surface area contributed by atoms with Crippen LogP contribution in [0.25, 0.3) is 0 Å². The molecule has 1 saturated heterocycles. The number of allylic oxidation sites excluding steroid dienone is 1. The Labute approximate surface area is 136 Å². The summed E-state index contributed by atoms with van der Waals surface area (Å²) in [5, 5.41) is 3.32. The first kappa shape index (κ1) is 18.0. The minimum Gasteiger partial charge on any atom is -0.314 e. The summed E-state index contributed by atoms with van der Waals surface area (Å²) in [7, 11) is 0. The zero-order chi connectivity index (χ0) is 16.7. The lowest BCUT2D eigenvalue weighted by atomic mass is 9.97. The number of nitrogens with zero attached hydrogens (tertiary/aromatic N) is 1. The van der Waals surface area contributed by atoms with Crippen LogP contribution in [-0.2, 0) is 6.18 Å². The Morgan fingerprint density at radius 2 is 1.78 bits per heavy atom. The third-order valence-corrected chi connectivity index (χ3v) is 4.35. The third-order valence-electron chi connectivity index (χ3n) is 4.35. The monoisotopic (exact) mass is 326 g/mol. The minimum atomic E-state index is -4.27. The van der Waals surface area contributed by atoms with Gasteiger partial charge in [0.2, 0.25) is 0 Å². The molecule has 1 aliphatic rings. The first-order valence-corrected chi connectivity index (χ1v) is 8.25. The largest absolute Gasteiger partial charge is 0.416 e. The second-order valence-corrected chi connectivity index (χ2v) is 5.99. The van der Waals surface area contributed by atoms with Crippen molar-refractivity contribution in [3.8, 4) is 0 Å². The van der Waals surface area contributed by atoms with Gasteiger partial charge in [0.25, 0.3) is 0 Å². The SMILES string of the molecule is C=CCCCC[C@@H](c1ccc(C(F)(F)F)cc1)N1CCNCC1. The van der Waals surface area contributed by atoms with Crippen molar-refractivity contribution in [3.63, 3.8) is 0 Å². The molecule has 1 fully saturated rings. The number of piperazine rings is 1. The van der Waals surface area contributed by atoms with E-state index in [2.05, 4.69) is 16.8 Å². The number of alkyl halides is 3. The summed E-state index contributed by atoms with van der Waals surface area (Å²) >= 11 is 0. The molecule has 0 amide bonds. The lowest BCUT2D eigenvalue weighted by Crippen LogP contribution is -2.45. The molecular weight excluding hydrogens is 301 g/mol. The average molecular weight is 326 g/mol. The third kappa shape index (κ3) is 5.36. The highest BCUT2D eigenvalue weighted by atomic mass is 19.4. The van der Waals surface area contributed by atoms with Gasteiger partial charge in [-0.2, -0.15) is 13.2 Å². The highest BCUT2D eigenvalue weighted by Crippen LogP contribution is 2.32. The van der Waals surface area contributed by atoms with E-state index in [1.165, 1.54) is 12.1 Å². The molecule has 5 heteroatoms. The van der Waals surface area contributed by atoms with Crippen LogP contribution in [0.3, 0.4) is 0 Å². The molecule has 0 aliphatic carbocycles. The lowest BCUT2D eigenvalue weighted by molar-refractivity contribution is -0.137. The van der Waals surface area contributed by atoms with Crippen molar-refractivity contribution in [1.29, 1.82) is 0 Å². The zero-order valence-corrected chi connectivity index (χ0v) is 13.4. The molecule has 1 aromatic carbocycles. The maximum Gasteiger partial charge on any atom is 0.416 e. The van der Waals surface area contributed by atoms with Crippen LogP contribution in [0.1, 0.15) is 42.9 Å². The van der Waals surface area contributed by atoms with Crippen LogP contribution in [-0.4, -0.2) is 31.1 Å². The molecular formula is C18H25F3N2. The van der Waals surface area contributed by atoms with Gasteiger partial charge in [0, 0.05) is 32.2 Å². The van der Waals surface area contributed by atoms with E-state index in [1.807, 2.05) is 6.08 Å². The van der Waals surface area contributed by atoms with Crippen LogP contribution in [0, 0.1) is 0 Å². The maximum atomic E-state index is 12.7. The number of nitrogens with one attached hydrogen (secondary N) is 1. The summed E-state index contributed by atoms with van der Waals surface area (Å²) < 4.78 is 38.2. The summed E-state index contributed by atoms with van der Waals surface area (Å²) in [5.74, 6) is 0. The molecule has 0 bridgehead atoms. The van der Waals surface area contributed by atoms with E-state index in [9.17, 15) is 13.2 Å². The van der Waals surface area contributed by atoms with Gasteiger partial charge in [0.15, 0.2) is 0 Å². The normalized spacial score (nSPS) is 17.9. The second kappa shape index (κ2) is 8.50.